The van der Waals surface area contributed by atoms with Gasteiger partial charge in [0.25, 0.3) is 0 Å². The molecule has 0 fully saturated rings. The molecule has 158 valence electrons. The molecule has 3 unspecified atom stereocenters. The Hall–Kier alpha value is -2.41. The zero-order chi connectivity index (χ0) is 22.0. The summed E-state index contributed by atoms with van der Waals surface area (Å²) in [5.74, 6) is -1.43. The van der Waals surface area contributed by atoms with E-state index in [-0.39, 0.29) is 0 Å². The Morgan fingerprint density at radius 3 is 1.04 bits per heavy atom. The number of carbonyl (C=O) groups excluding carboxylic acids is 3. The van der Waals surface area contributed by atoms with Crippen LogP contribution in [-0.2, 0) is 28.6 Å². The molecule has 0 saturated carbocycles. The van der Waals surface area contributed by atoms with E-state index in [9.17, 15) is 14.4 Å². The van der Waals surface area contributed by atoms with E-state index in [1.165, 1.54) is 0 Å². The molecule has 0 aromatic heterocycles. The van der Waals surface area contributed by atoms with Crippen molar-refractivity contribution in [3.63, 3.8) is 0 Å². The van der Waals surface area contributed by atoms with Crippen LogP contribution in [0.2, 0.25) is 0 Å². The van der Waals surface area contributed by atoms with Crippen molar-refractivity contribution in [3.8, 4) is 0 Å². The molecular formula is C21H33NO6. The second kappa shape index (κ2) is 12.1. The quantitative estimate of drug-likeness (QED) is 0.285. The number of carbonyl (C=O) groups is 3. The fourth-order valence-corrected chi connectivity index (χ4v) is 2.28. The van der Waals surface area contributed by atoms with Crippen LogP contribution in [0.5, 0.6) is 0 Å². The molecule has 7 nitrogen and oxygen atoms in total. The molecule has 0 heterocycles. The second-order valence-electron chi connectivity index (χ2n) is 7.21. The summed E-state index contributed by atoms with van der Waals surface area (Å²) in [7, 11) is 0. The van der Waals surface area contributed by atoms with Crippen LogP contribution in [0, 0.1) is 0 Å². The summed E-state index contributed by atoms with van der Waals surface area (Å²) in [5, 5.41) is 0. The van der Waals surface area contributed by atoms with Gasteiger partial charge >= 0.3 is 17.9 Å². The summed E-state index contributed by atoms with van der Waals surface area (Å²) in [5.41, 5.74) is 0.933. The summed E-state index contributed by atoms with van der Waals surface area (Å²) in [6, 6.07) is 0. The number of nitrogens with zero attached hydrogens (tertiary/aromatic N) is 1. The third-order valence-corrected chi connectivity index (χ3v) is 3.52. The van der Waals surface area contributed by atoms with Gasteiger partial charge in [0.05, 0.1) is 0 Å². The molecule has 0 aromatic rings. The van der Waals surface area contributed by atoms with Gasteiger partial charge in [-0.1, -0.05) is 19.7 Å². The normalized spacial score (nSPS) is 13.8. The molecule has 0 aliphatic heterocycles. The lowest BCUT2D eigenvalue weighted by atomic mass is 10.2. The zero-order valence-corrected chi connectivity index (χ0v) is 17.9. The highest BCUT2D eigenvalue weighted by atomic mass is 16.6. The lowest BCUT2D eigenvalue weighted by Crippen LogP contribution is -2.43. The highest BCUT2D eigenvalue weighted by Gasteiger charge is 2.22. The molecule has 0 N–H and O–H groups in total. The van der Waals surface area contributed by atoms with E-state index in [4.69, 9.17) is 14.2 Å². The first-order chi connectivity index (χ1) is 12.8. The monoisotopic (exact) mass is 395 g/mol. The van der Waals surface area contributed by atoms with E-state index in [1.54, 1.807) is 41.5 Å². The van der Waals surface area contributed by atoms with Crippen LogP contribution in [0.15, 0.2) is 36.5 Å². The third kappa shape index (κ3) is 10.7. The van der Waals surface area contributed by atoms with Crippen LogP contribution in [0.25, 0.3) is 0 Å². The molecule has 0 aliphatic rings. The van der Waals surface area contributed by atoms with E-state index in [2.05, 4.69) is 19.7 Å². The Morgan fingerprint density at radius 1 is 0.643 bits per heavy atom. The van der Waals surface area contributed by atoms with E-state index in [0.717, 1.165) is 0 Å². The van der Waals surface area contributed by atoms with Gasteiger partial charge in [-0.25, -0.2) is 14.4 Å². The van der Waals surface area contributed by atoms with Gasteiger partial charge in [0.2, 0.25) is 0 Å². The largest absolute Gasteiger partial charge is 0.458 e. The lowest BCUT2D eigenvalue weighted by molar-refractivity contribution is -0.146. The first-order valence-electron chi connectivity index (χ1n) is 9.15. The topological polar surface area (TPSA) is 82.1 Å². The van der Waals surface area contributed by atoms with E-state index >= 15 is 0 Å². The summed E-state index contributed by atoms with van der Waals surface area (Å²) < 4.78 is 16.0. The van der Waals surface area contributed by atoms with Gasteiger partial charge in [0.1, 0.15) is 18.3 Å². The predicted molar refractivity (Wildman–Crippen MR) is 108 cm³/mol. The third-order valence-electron chi connectivity index (χ3n) is 3.52. The molecule has 0 aromatic carbocycles. The Balaban J connectivity index is 5.03. The van der Waals surface area contributed by atoms with Crippen LogP contribution < -0.4 is 0 Å². The molecule has 0 spiro atoms. The summed E-state index contributed by atoms with van der Waals surface area (Å²) in [6.45, 7) is 21.8. The Kier molecular flexibility index (Phi) is 11.1. The molecular weight excluding hydrogens is 362 g/mol. The highest BCUT2D eigenvalue weighted by molar-refractivity contribution is 5.87. The van der Waals surface area contributed by atoms with Crippen molar-refractivity contribution in [1.82, 2.24) is 4.90 Å². The van der Waals surface area contributed by atoms with Crippen LogP contribution in [0.3, 0.4) is 0 Å². The summed E-state index contributed by atoms with van der Waals surface area (Å²) in [6.07, 6.45) is -1.30. The Labute approximate surface area is 168 Å². The maximum atomic E-state index is 11.7. The molecule has 0 radical (unpaired) electrons. The Bertz CT molecular complexity index is 539. The van der Waals surface area contributed by atoms with Crippen molar-refractivity contribution >= 4 is 17.9 Å². The number of rotatable bonds is 12. The maximum Gasteiger partial charge on any atom is 0.333 e. The van der Waals surface area contributed by atoms with Crippen molar-refractivity contribution in [2.75, 3.05) is 19.6 Å². The van der Waals surface area contributed by atoms with E-state index in [0.29, 0.717) is 36.4 Å². The van der Waals surface area contributed by atoms with Crippen LogP contribution >= 0.6 is 0 Å². The molecule has 0 amide bonds. The molecule has 7 heteroatoms. The molecule has 0 saturated heterocycles. The van der Waals surface area contributed by atoms with Crippen molar-refractivity contribution in [1.29, 1.82) is 0 Å². The van der Waals surface area contributed by atoms with E-state index in [1.807, 2.05) is 4.90 Å². The maximum absolute atomic E-state index is 11.7. The van der Waals surface area contributed by atoms with Crippen molar-refractivity contribution in [2.45, 2.75) is 59.9 Å². The van der Waals surface area contributed by atoms with Crippen molar-refractivity contribution in [3.05, 3.63) is 36.5 Å². The number of hydrogen-bond acceptors (Lipinski definition) is 7. The molecule has 28 heavy (non-hydrogen) atoms. The minimum Gasteiger partial charge on any atom is -0.458 e. The smallest absolute Gasteiger partial charge is 0.333 e. The van der Waals surface area contributed by atoms with Crippen molar-refractivity contribution in [2.24, 2.45) is 0 Å². The van der Waals surface area contributed by atoms with Gasteiger partial charge in [-0.3, -0.25) is 4.90 Å². The first kappa shape index (κ1) is 25.6. The van der Waals surface area contributed by atoms with Gasteiger partial charge in [0.15, 0.2) is 0 Å². The average Bonchev–Trinajstić information content (AvgIpc) is 2.53. The Morgan fingerprint density at radius 2 is 0.857 bits per heavy atom. The second-order valence-corrected chi connectivity index (χ2v) is 7.21. The van der Waals surface area contributed by atoms with Crippen LogP contribution in [-0.4, -0.2) is 60.8 Å². The van der Waals surface area contributed by atoms with Crippen LogP contribution in [0.4, 0.5) is 0 Å². The van der Waals surface area contributed by atoms with Gasteiger partial charge in [-0.15, -0.1) is 0 Å². The van der Waals surface area contributed by atoms with Gasteiger partial charge in [-0.2, -0.15) is 0 Å². The standard InChI is InChI=1S/C21H33NO6/c1-13(2)19(23)26-16(7)10-22(11-17(8)27-20(24)14(3)4)12-18(9)28-21(25)15(5)6/h16-18H,1,3,5,10-12H2,2,4,6-9H3. The van der Waals surface area contributed by atoms with Crippen molar-refractivity contribution < 1.29 is 28.6 Å². The van der Waals surface area contributed by atoms with Gasteiger partial charge in [-0.05, 0) is 41.5 Å². The molecule has 3 atom stereocenters. The zero-order valence-electron chi connectivity index (χ0n) is 17.9. The van der Waals surface area contributed by atoms with Crippen LogP contribution in [0.1, 0.15) is 41.5 Å². The number of esters is 3. The highest BCUT2D eigenvalue weighted by Crippen LogP contribution is 2.08. The fraction of sp³-hybridized carbons (Fsp3) is 0.571. The summed E-state index contributed by atoms with van der Waals surface area (Å²) in [4.78, 5) is 37.1. The number of ether oxygens (including phenoxy) is 3. The fourth-order valence-electron chi connectivity index (χ4n) is 2.28. The molecule has 0 rings (SSSR count). The minimum absolute atomic E-state index is 0.311. The SMILES string of the molecule is C=C(C)C(=O)OC(C)CN(CC(C)OC(=O)C(=C)C)CC(C)OC(=O)C(=C)C. The average molecular weight is 395 g/mol. The minimum atomic E-state index is -0.476. The predicted octanol–water partition coefficient (Wildman–Crippen LogP) is 2.81. The van der Waals surface area contributed by atoms with Gasteiger partial charge < -0.3 is 14.2 Å². The molecule has 0 aliphatic carbocycles. The first-order valence-corrected chi connectivity index (χ1v) is 9.15. The number of hydrogen-bond donors (Lipinski definition) is 0. The summed E-state index contributed by atoms with van der Waals surface area (Å²) >= 11 is 0. The van der Waals surface area contributed by atoms with Gasteiger partial charge in [0, 0.05) is 36.4 Å². The lowest BCUT2D eigenvalue weighted by Gasteiger charge is -2.30. The molecule has 0 bridgehead atoms. The van der Waals surface area contributed by atoms with E-state index < -0.39 is 36.2 Å².